The lowest BCUT2D eigenvalue weighted by Gasteiger charge is -2.27. The van der Waals surface area contributed by atoms with E-state index in [9.17, 15) is 9.59 Å². The number of rotatable bonds is 3. The number of likely N-dealkylation sites (tertiary alicyclic amines) is 1. The molecule has 0 unspecified atom stereocenters. The first kappa shape index (κ1) is 17.1. The molecular formula is C20H21N3O2S. The number of nitrogens with one attached hydrogen (secondary N) is 1. The van der Waals surface area contributed by atoms with Crippen LogP contribution in [0.15, 0.2) is 47.5 Å². The second-order valence-corrected chi connectivity index (χ2v) is 7.87. The van der Waals surface area contributed by atoms with E-state index in [0.29, 0.717) is 0 Å². The minimum atomic E-state index is -0.410. The molecule has 0 bridgehead atoms. The number of benzene rings is 2. The third kappa shape index (κ3) is 3.75. The summed E-state index contributed by atoms with van der Waals surface area (Å²) >= 11 is 1.43. The van der Waals surface area contributed by atoms with Crippen molar-refractivity contribution in [3.8, 4) is 0 Å². The molecule has 2 heterocycles. The van der Waals surface area contributed by atoms with Gasteiger partial charge < -0.3 is 10.2 Å². The van der Waals surface area contributed by atoms with E-state index < -0.39 is 5.25 Å². The van der Waals surface area contributed by atoms with E-state index in [4.69, 9.17) is 0 Å². The number of nitrogens with zero attached hydrogens (tertiary/aromatic N) is 2. The molecule has 5 nitrogen and oxygen atoms in total. The van der Waals surface area contributed by atoms with Crippen LogP contribution >= 0.6 is 11.8 Å². The molecule has 1 N–H and O–H groups in total. The van der Waals surface area contributed by atoms with Crippen LogP contribution < -0.4 is 5.32 Å². The summed E-state index contributed by atoms with van der Waals surface area (Å²) < 4.78 is 0. The van der Waals surface area contributed by atoms with Crippen LogP contribution in [0.5, 0.6) is 0 Å². The number of fused-ring (bicyclic) bond motifs is 1. The van der Waals surface area contributed by atoms with Crippen LogP contribution in [0.2, 0.25) is 0 Å². The van der Waals surface area contributed by atoms with Gasteiger partial charge in [0.2, 0.25) is 5.91 Å². The quantitative estimate of drug-likeness (QED) is 0.899. The fraction of sp³-hybridized carbons (Fsp3) is 0.350. The smallest absolute Gasteiger partial charge is 0.262 e. The third-order valence-electron chi connectivity index (χ3n) is 4.76. The van der Waals surface area contributed by atoms with E-state index in [1.807, 2.05) is 42.5 Å². The van der Waals surface area contributed by atoms with Crippen molar-refractivity contribution in [2.45, 2.75) is 30.9 Å². The Morgan fingerprint density at radius 2 is 1.88 bits per heavy atom. The number of thioether (sulfide) groups is 1. The van der Waals surface area contributed by atoms with E-state index in [-0.39, 0.29) is 18.2 Å². The highest BCUT2D eigenvalue weighted by atomic mass is 32.2. The third-order valence-corrected chi connectivity index (χ3v) is 5.97. The van der Waals surface area contributed by atoms with Crippen molar-refractivity contribution < 1.29 is 9.59 Å². The molecule has 0 spiro atoms. The molecule has 0 radical (unpaired) electrons. The summed E-state index contributed by atoms with van der Waals surface area (Å²) in [5.74, 6) is -0.342. The van der Waals surface area contributed by atoms with Gasteiger partial charge in [-0.25, -0.2) is 0 Å². The standard InChI is InChI=1S/C20H21N3O2S/c24-18(21-16-9-8-14-6-2-3-7-15(14)12-16)13-17-19(25)22-20(26-17)23-10-4-1-5-11-23/h2-3,6-9,12,17H,1,4-5,10-11,13H2,(H,21,24)/t17-/m0/s1. The normalized spacial score (nSPS) is 20.3. The second-order valence-electron chi connectivity index (χ2n) is 6.70. The summed E-state index contributed by atoms with van der Waals surface area (Å²) in [5.41, 5.74) is 0.751. The Balaban J connectivity index is 1.36. The molecule has 2 amide bonds. The first-order chi connectivity index (χ1) is 12.7. The van der Waals surface area contributed by atoms with Crippen LogP contribution in [0.1, 0.15) is 25.7 Å². The molecule has 0 aliphatic carbocycles. The van der Waals surface area contributed by atoms with Crippen molar-refractivity contribution in [1.29, 1.82) is 0 Å². The summed E-state index contributed by atoms with van der Waals surface area (Å²) in [6.07, 6.45) is 3.67. The van der Waals surface area contributed by atoms with Gasteiger partial charge in [-0.1, -0.05) is 42.1 Å². The van der Waals surface area contributed by atoms with Gasteiger partial charge in [0.1, 0.15) is 5.25 Å². The Morgan fingerprint density at radius 1 is 1.12 bits per heavy atom. The molecule has 0 aromatic heterocycles. The van der Waals surface area contributed by atoms with Crippen LogP contribution in [0.25, 0.3) is 10.8 Å². The fourth-order valence-corrected chi connectivity index (χ4v) is 4.49. The minimum Gasteiger partial charge on any atom is -0.351 e. The van der Waals surface area contributed by atoms with Gasteiger partial charge >= 0.3 is 0 Å². The predicted octanol–water partition coefficient (Wildman–Crippen LogP) is 3.65. The van der Waals surface area contributed by atoms with Crippen LogP contribution in [-0.2, 0) is 9.59 Å². The van der Waals surface area contributed by atoms with Crippen molar-refractivity contribution in [2.75, 3.05) is 18.4 Å². The number of hydrogen-bond donors (Lipinski definition) is 1. The molecule has 1 saturated heterocycles. The summed E-state index contributed by atoms with van der Waals surface area (Å²) in [6.45, 7) is 1.91. The van der Waals surface area contributed by atoms with Crippen molar-refractivity contribution in [2.24, 2.45) is 4.99 Å². The van der Waals surface area contributed by atoms with E-state index in [0.717, 1.165) is 47.6 Å². The summed E-state index contributed by atoms with van der Waals surface area (Å²) in [5, 5.41) is 5.49. The molecular weight excluding hydrogens is 346 g/mol. The lowest BCUT2D eigenvalue weighted by molar-refractivity contribution is -0.121. The van der Waals surface area contributed by atoms with Crippen molar-refractivity contribution in [1.82, 2.24) is 4.90 Å². The van der Waals surface area contributed by atoms with Gasteiger partial charge in [-0.3, -0.25) is 9.59 Å². The molecule has 6 heteroatoms. The maximum Gasteiger partial charge on any atom is 0.262 e. The highest BCUT2D eigenvalue weighted by Crippen LogP contribution is 2.29. The Bertz CT molecular complexity index is 874. The summed E-state index contributed by atoms with van der Waals surface area (Å²) in [6, 6.07) is 13.8. The predicted molar refractivity (Wildman–Crippen MR) is 106 cm³/mol. The van der Waals surface area contributed by atoms with Crippen LogP contribution in [0.4, 0.5) is 5.69 Å². The summed E-state index contributed by atoms with van der Waals surface area (Å²) in [4.78, 5) is 30.9. The zero-order chi connectivity index (χ0) is 17.9. The molecule has 2 aromatic rings. The van der Waals surface area contributed by atoms with Gasteiger partial charge in [-0.2, -0.15) is 4.99 Å². The lowest BCUT2D eigenvalue weighted by atomic mass is 10.1. The van der Waals surface area contributed by atoms with Crippen LogP contribution in [0.3, 0.4) is 0 Å². The number of anilines is 1. The number of piperidine rings is 1. The first-order valence-electron chi connectivity index (χ1n) is 9.02. The minimum absolute atomic E-state index is 0.150. The highest BCUT2D eigenvalue weighted by molar-refractivity contribution is 8.15. The Labute approximate surface area is 156 Å². The van der Waals surface area contributed by atoms with Gasteiger partial charge in [0.15, 0.2) is 5.17 Å². The number of aliphatic imine (C=N–C) groups is 1. The maximum atomic E-state index is 12.4. The second kappa shape index (κ2) is 7.50. The number of carbonyl (C=O) groups excluding carboxylic acids is 2. The molecule has 26 heavy (non-hydrogen) atoms. The number of hydrogen-bond acceptors (Lipinski definition) is 4. The average Bonchev–Trinajstić information content (AvgIpc) is 3.03. The van der Waals surface area contributed by atoms with Crippen molar-refractivity contribution >= 4 is 45.2 Å². The van der Waals surface area contributed by atoms with Crippen LogP contribution in [-0.4, -0.2) is 40.2 Å². The topological polar surface area (TPSA) is 61.8 Å². The van der Waals surface area contributed by atoms with E-state index in [1.54, 1.807) is 0 Å². The monoisotopic (exact) mass is 367 g/mol. The molecule has 0 saturated carbocycles. The number of amidine groups is 1. The highest BCUT2D eigenvalue weighted by Gasteiger charge is 2.33. The zero-order valence-corrected chi connectivity index (χ0v) is 15.3. The SMILES string of the molecule is O=C(C[C@@H]1SC(N2CCCCC2)=NC1=O)Nc1ccc2ccccc2c1. The van der Waals surface area contributed by atoms with Gasteiger partial charge in [0, 0.05) is 25.2 Å². The molecule has 1 atom stereocenters. The van der Waals surface area contributed by atoms with E-state index >= 15 is 0 Å². The van der Waals surface area contributed by atoms with E-state index in [2.05, 4.69) is 15.2 Å². The maximum absolute atomic E-state index is 12.4. The number of amides is 2. The molecule has 2 aromatic carbocycles. The first-order valence-corrected chi connectivity index (χ1v) is 9.90. The fourth-order valence-electron chi connectivity index (χ4n) is 3.38. The van der Waals surface area contributed by atoms with Crippen LogP contribution in [0, 0.1) is 0 Å². The number of carbonyl (C=O) groups is 2. The molecule has 2 aliphatic rings. The largest absolute Gasteiger partial charge is 0.351 e. The molecule has 134 valence electrons. The van der Waals surface area contributed by atoms with Gasteiger partial charge in [-0.15, -0.1) is 0 Å². The van der Waals surface area contributed by atoms with Gasteiger partial charge in [-0.05, 0) is 42.2 Å². The zero-order valence-electron chi connectivity index (χ0n) is 14.5. The molecule has 4 rings (SSSR count). The molecule has 1 fully saturated rings. The Morgan fingerprint density at radius 3 is 2.69 bits per heavy atom. The van der Waals surface area contributed by atoms with E-state index in [1.165, 1.54) is 18.2 Å². The Kier molecular flexibility index (Phi) is 4.93. The van der Waals surface area contributed by atoms with Gasteiger partial charge in [0.25, 0.3) is 5.91 Å². The van der Waals surface area contributed by atoms with Crippen molar-refractivity contribution in [3.63, 3.8) is 0 Å². The average molecular weight is 367 g/mol. The molecule has 2 aliphatic heterocycles. The van der Waals surface area contributed by atoms with Gasteiger partial charge in [0.05, 0.1) is 0 Å². The Hall–Kier alpha value is -2.34. The van der Waals surface area contributed by atoms with Crippen molar-refractivity contribution in [3.05, 3.63) is 42.5 Å². The lowest BCUT2D eigenvalue weighted by Crippen LogP contribution is -2.33. The summed E-state index contributed by atoms with van der Waals surface area (Å²) in [7, 11) is 0.